The Morgan fingerprint density at radius 3 is 2.82 bits per heavy atom. The fourth-order valence-corrected chi connectivity index (χ4v) is 3.66. The predicted molar refractivity (Wildman–Crippen MR) is 111 cm³/mol. The lowest BCUT2D eigenvalue weighted by atomic mass is 10.1. The molecule has 1 saturated heterocycles. The molecule has 1 fully saturated rings. The van der Waals surface area contributed by atoms with Gasteiger partial charge in [-0.25, -0.2) is 9.97 Å². The number of H-pyrrole nitrogens is 1. The van der Waals surface area contributed by atoms with Crippen LogP contribution in [-0.2, 0) is 6.42 Å². The Bertz CT molecular complexity index is 945. The molecule has 146 valence electrons. The SMILES string of the molecule is CCN1CCN(C(=O)c2cc(NCCc3c[nH]c4ccccc34)ncn2)CC1. The molecule has 0 atom stereocenters. The van der Waals surface area contributed by atoms with Crippen molar-refractivity contribution in [2.75, 3.05) is 44.6 Å². The highest BCUT2D eigenvalue weighted by Crippen LogP contribution is 2.18. The van der Waals surface area contributed by atoms with Gasteiger partial charge in [0.25, 0.3) is 5.91 Å². The van der Waals surface area contributed by atoms with Gasteiger partial charge in [-0.15, -0.1) is 0 Å². The summed E-state index contributed by atoms with van der Waals surface area (Å²) in [6.07, 6.45) is 4.39. The van der Waals surface area contributed by atoms with E-state index in [-0.39, 0.29) is 5.91 Å². The number of hydrogen-bond acceptors (Lipinski definition) is 5. The van der Waals surface area contributed by atoms with E-state index in [2.05, 4.69) is 56.5 Å². The number of amides is 1. The average molecular weight is 378 g/mol. The third-order valence-corrected chi connectivity index (χ3v) is 5.37. The minimum atomic E-state index is -0.0159. The average Bonchev–Trinajstić information content (AvgIpc) is 3.17. The predicted octanol–water partition coefficient (Wildman–Crippen LogP) is 2.39. The molecule has 28 heavy (non-hydrogen) atoms. The number of hydrogen-bond donors (Lipinski definition) is 2. The summed E-state index contributed by atoms with van der Waals surface area (Å²) >= 11 is 0. The minimum absolute atomic E-state index is 0.0159. The maximum absolute atomic E-state index is 12.7. The number of anilines is 1. The molecule has 1 aliphatic rings. The van der Waals surface area contributed by atoms with E-state index in [1.54, 1.807) is 6.07 Å². The second-order valence-corrected chi connectivity index (χ2v) is 7.05. The number of nitrogens with one attached hydrogen (secondary N) is 2. The summed E-state index contributed by atoms with van der Waals surface area (Å²) in [6.45, 7) is 7.25. The summed E-state index contributed by atoms with van der Waals surface area (Å²) in [7, 11) is 0. The third kappa shape index (κ3) is 3.99. The van der Waals surface area contributed by atoms with Crippen LogP contribution >= 0.6 is 0 Å². The van der Waals surface area contributed by atoms with Crippen molar-refractivity contribution in [2.24, 2.45) is 0 Å². The van der Waals surface area contributed by atoms with Gasteiger partial charge >= 0.3 is 0 Å². The van der Waals surface area contributed by atoms with E-state index >= 15 is 0 Å². The smallest absolute Gasteiger partial charge is 0.272 e. The zero-order valence-corrected chi connectivity index (χ0v) is 16.2. The number of aromatic amines is 1. The van der Waals surface area contributed by atoms with Crippen LogP contribution < -0.4 is 5.32 Å². The molecule has 0 bridgehead atoms. The standard InChI is InChI=1S/C21H26N6O/c1-2-26-9-11-27(12-10-26)21(28)19-13-20(25-15-24-19)22-8-7-16-14-23-18-6-4-3-5-17(16)18/h3-6,13-15,23H,2,7-12H2,1H3,(H,22,24,25). The molecule has 2 N–H and O–H groups in total. The highest BCUT2D eigenvalue weighted by Gasteiger charge is 2.22. The van der Waals surface area contributed by atoms with Crippen LogP contribution in [0.1, 0.15) is 23.0 Å². The van der Waals surface area contributed by atoms with E-state index in [9.17, 15) is 4.79 Å². The molecule has 0 radical (unpaired) electrons. The van der Waals surface area contributed by atoms with E-state index in [1.165, 1.54) is 17.3 Å². The molecule has 3 heterocycles. The van der Waals surface area contributed by atoms with Crippen molar-refractivity contribution in [2.45, 2.75) is 13.3 Å². The Morgan fingerprint density at radius 1 is 1.18 bits per heavy atom. The van der Waals surface area contributed by atoms with Gasteiger partial charge in [0.05, 0.1) is 0 Å². The fourth-order valence-electron chi connectivity index (χ4n) is 3.66. The largest absolute Gasteiger partial charge is 0.370 e. The zero-order valence-electron chi connectivity index (χ0n) is 16.2. The van der Waals surface area contributed by atoms with Gasteiger partial charge in [-0.1, -0.05) is 25.1 Å². The molecule has 7 heteroatoms. The monoisotopic (exact) mass is 378 g/mol. The first-order valence-electron chi connectivity index (χ1n) is 9.87. The first kappa shape index (κ1) is 18.4. The van der Waals surface area contributed by atoms with Gasteiger partial charge in [0.15, 0.2) is 0 Å². The third-order valence-electron chi connectivity index (χ3n) is 5.37. The number of likely N-dealkylation sites (N-methyl/N-ethyl adjacent to an activating group) is 1. The lowest BCUT2D eigenvalue weighted by Gasteiger charge is -2.33. The van der Waals surface area contributed by atoms with Crippen molar-refractivity contribution in [3.05, 3.63) is 54.1 Å². The Balaban J connectivity index is 1.35. The number of para-hydroxylation sites is 1. The number of aromatic nitrogens is 3. The lowest BCUT2D eigenvalue weighted by molar-refractivity contribution is 0.0637. The maximum atomic E-state index is 12.7. The maximum Gasteiger partial charge on any atom is 0.272 e. The van der Waals surface area contributed by atoms with E-state index in [1.807, 2.05) is 11.0 Å². The summed E-state index contributed by atoms with van der Waals surface area (Å²) in [4.78, 5) is 28.7. The van der Waals surface area contributed by atoms with E-state index in [4.69, 9.17) is 0 Å². The molecule has 2 aromatic heterocycles. The molecule has 0 saturated carbocycles. The van der Waals surface area contributed by atoms with Crippen LogP contribution in [0.5, 0.6) is 0 Å². The van der Waals surface area contributed by atoms with Crippen LogP contribution in [0.3, 0.4) is 0 Å². The van der Waals surface area contributed by atoms with Gasteiger partial charge in [-0.05, 0) is 24.6 Å². The number of piperazine rings is 1. The summed E-state index contributed by atoms with van der Waals surface area (Å²) in [6, 6.07) is 10.0. The Hall–Kier alpha value is -2.93. The number of carbonyl (C=O) groups excluding carboxylic acids is 1. The van der Waals surface area contributed by atoms with Crippen molar-refractivity contribution < 1.29 is 4.79 Å². The zero-order chi connectivity index (χ0) is 19.3. The molecule has 7 nitrogen and oxygen atoms in total. The van der Waals surface area contributed by atoms with Gasteiger partial charge in [-0.3, -0.25) is 4.79 Å². The van der Waals surface area contributed by atoms with E-state index in [0.29, 0.717) is 11.5 Å². The van der Waals surface area contributed by atoms with Crippen molar-refractivity contribution >= 4 is 22.6 Å². The van der Waals surface area contributed by atoms with Gasteiger partial charge in [0, 0.05) is 55.9 Å². The molecule has 3 aromatic rings. The summed E-state index contributed by atoms with van der Waals surface area (Å²) in [5, 5.41) is 4.56. The molecule has 1 aromatic carbocycles. The Kier molecular flexibility index (Phi) is 5.53. The normalized spacial score (nSPS) is 15.1. The van der Waals surface area contributed by atoms with Crippen molar-refractivity contribution in [3.8, 4) is 0 Å². The second kappa shape index (κ2) is 8.39. The summed E-state index contributed by atoms with van der Waals surface area (Å²) in [5.41, 5.74) is 2.87. The van der Waals surface area contributed by atoms with Crippen LogP contribution in [0.25, 0.3) is 10.9 Å². The highest BCUT2D eigenvalue weighted by molar-refractivity contribution is 5.93. The Labute approximate surface area is 164 Å². The van der Waals surface area contributed by atoms with E-state index < -0.39 is 0 Å². The van der Waals surface area contributed by atoms with Crippen LogP contribution in [0.15, 0.2) is 42.9 Å². The molecule has 0 spiro atoms. The molecule has 0 unspecified atom stereocenters. The van der Waals surface area contributed by atoms with Gasteiger partial charge in [0.2, 0.25) is 0 Å². The molecular formula is C21H26N6O. The topological polar surface area (TPSA) is 77.1 Å². The van der Waals surface area contributed by atoms with Gasteiger partial charge in [-0.2, -0.15) is 0 Å². The summed E-state index contributed by atoms with van der Waals surface area (Å²) < 4.78 is 0. The van der Waals surface area contributed by atoms with Crippen molar-refractivity contribution in [1.82, 2.24) is 24.8 Å². The summed E-state index contributed by atoms with van der Waals surface area (Å²) in [5.74, 6) is 0.670. The molecule has 4 rings (SSSR count). The lowest BCUT2D eigenvalue weighted by Crippen LogP contribution is -2.48. The second-order valence-electron chi connectivity index (χ2n) is 7.05. The number of carbonyl (C=O) groups is 1. The van der Waals surface area contributed by atoms with Gasteiger partial charge in [0.1, 0.15) is 17.8 Å². The number of benzene rings is 1. The fraction of sp³-hybridized carbons (Fsp3) is 0.381. The molecule has 1 aliphatic heterocycles. The van der Waals surface area contributed by atoms with Crippen molar-refractivity contribution in [1.29, 1.82) is 0 Å². The van der Waals surface area contributed by atoms with Crippen molar-refractivity contribution in [3.63, 3.8) is 0 Å². The molecule has 0 aliphatic carbocycles. The van der Waals surface area contributed by atoms with Crippen LogP contribution in [0.4, 0.5) is 5.82 Å². The molecular weight excluding hydrogens is 352 g/mol. The highest BCUT2D eigenvalue weighted by atomic mass is 16.2. The number of fused-ring (bicyclic) bond motifs is 1. The first-order chi connectivity index (χ1) is 13.7. The quantitative estimate of drug-likeness (QED) is 0.689. The number of rotatable bonds is 6. The van der Waals surface area contributed by atoms with E-state index in [0.717, 1.165) is 51.2 Å². The molecule has 1 amide bonds. The Morgan fingerprint density at radius 2 is 2.00 bits per heavy atom. The van der Waals surface area contributed by atoms with Crippen LogP contribution in [0.2, 0.25) is 0 Å². The van der Waals surface area contributed by atoms with Crippen LogP contribution in [0, 0.1) is 0 Å². The van der Waals surface area contributed by atoms with Crippen LogP contribution in [-0.4, -0.2) is 69.9 Å². The minimum Gasteiger partial charge on any atom is -0.370 e. The van der Waals surface area contributed by atoms with Gasteiger partial charge < -0.3 is 20.1 Å². The first-order valence-corrected chi connectivity index (χ1v) is 9.87. The number of nitrogens with zero attached hydrogens (tertiary/aromatic N) is 4.